The SMILES string of the molecule is Cc1cc(NN)cc(C)c1S(=O)(=O)N1CCSC(C)C1C. The lowest BCUT2D eigenvalue weighted by molar-refractivity contribution is 0.340. The standard InChI is InChI=1S/C14H23N3O2S2/c1-9-7-13(16-15)8-10(2)14(9)21(18,19)17-5-6-20-12(4)11(17)3/h7-8,11-12,16H,5-6,15H2,1-4H3. The zero-order valence-corrected chi connectivity index (χ0v) is 14.5. The van der Waals surface area contributed by atoms with Crippen molar-refractivity contribution in [3.8, 4) is 0 Å². The summed E-state index contributed by atoms with van der Waals surface area (Å²) in [5.74, 6) is 6.26. The summed E-state index contributed by atoms with van der Waals surface area (Å²) in [5, 5.41) is 0.305. The van der Waals surface area contributed by atoms with E-state index in [0.29, 0.717) is 16.7 Å². The van der Waals surface area contributed by atoms with E-state index in [1.807, 2.05) is 32.5 Å². The summed E-state index contributed by atoms with van der Waals surface area (Å²) in [4.78, 5) is 0.410. The molecule has 1 aliphatic rings. The van der Waals surface area contributed by atoms with Crippen LogP contribution in [0.5, 0.6) is 0 Å². The van der Waals surface area contributed by atoms with Crippen molar-refractivity contribution in [2.45, 2.75) is 43.9 Å². The van der Waals surface area contributed by atoms with Gasteiger partial charge in [-0.25, -0.2) is 8.42 Å². The summed E-state index contributed by atoms with van der Waals surface area (Å²) < 4.78 is 27.7. The number of rotatable bonds is 3. The number of benzene rings is 1. The monoisotopic (exact) mass is 329 g/mol. The van der Waals surface area contributed by atoms with Gasteiger partial charge in [-0.2, -0.15) is 16.1 Å². The molecule has 1 heterocycles. The average molecular weight is 329 g/mol. The van der Waals surface area contributed by atoms with Gasteiger partial charge >= 0.3 is 0 Å². The lowest BCUT2D eigenvalue weighted by Gasteiger charge is -2.37. The smallest absolute Gasteiger partial charge is 0.243 e. The second-order valence-electron chi connectivity index (χ2n) is 5.52. The topological polar surface area (TPSA) is 75.4 Å². The fraction of sp³-hybridized carbons (Fsp3) is 0.571. The number of hydrogen-bond donors (Lipinski definition) is 2. The number of hydrogen-bond acceptors (Lipinski definition) is 5. The maximum atomic E-state index is 13.0. The summed E-state index contributed by atoms with van der Waals surface area (Å²) in [5.41, 5.74) is 4.74. The number of aryl methyl sites for hydroxylation is 2. The molecule has 7 heteroatoms. The van der Waals surface area contributed by atoms with Crippen LogP contribution in [-0.4, -0.2) is 36.3 Å². The molecule has 21 heavy (non-hydrogen) atoms. The van der Waals surface area contributed by atoms with Crippen molar-refractivity contribution in [2.75, 3.05) is 17.7 Å². The van der Waals surface area contributed by atoms with Crippen molar-refractivity contribution < 1.29 is 8.42 Å². The Morgan fingerprint density at radius 1 is 1.29 bits per heavy atom. The molecule has 2 atom stereocenters. The third-order valence-corrected chi connectivity index (χ3v) is 7.65. The van der Waals surface area contributed by atoms with Crippen LogP contribution in [-0.2, 0) is 10.0 Å². The van der Waals surface area contributed by atoms with E-state index in [2.05, 4.69) is 12.3 Å². The number of nitrogens with zero attached hydrogens (tertiary/aromatic N) is 1. The van der Waals surface area contributed by atoms with Crippen LogP contribution in [0.2, 0.25) is 0 Å². The minimum Gasteiger partial charge on any atom is -0.324 e. The summed E-state index contributed by atoms with van der Waals surface area (Å²) in [6.45, 7) is 8.25. The molecule has 0 aromatic heterocycles. The fourth-order valence-electron chi connectivity index (χ4n) is 2.80. The molecule has 1 aromatic rings. The zero-order valence-electron chi connectivity index (χ0n) is 12.9. The third kappa shape index (κ3) is 3.06. The zero-order chi connectivity index (χ0) is 15.8. The maximum absolute atomic E-state index is 13.0. The highest BCUT2D eigenvalue weighted by atomic mass is 32.2. The minimum absolute atomic E-state index is 0.000130. The number of thioether (sulfide) groups is 1. The summed E-state index contributed by atoms with van der Waals surface area (Å²) in [6, 6.07) is 3.54. The number of nitrogens with two attached hydrogens (primary N) is 1. The molecule has 0 saturated carbocycles. The minimum atomic E-state index is -3.48. The summed E-state index contributed by atoms with van der Waals surface area (Å²) >= 11 is 1.82. The van der Waals surface area contributed by atoms with E-state index in [4.69, 9.17) is 5.84 Å². The molecule has 0 aliphatic carbocycles. The van der Waals surface area contributed by atoms with Crippen molar-refractivity contribution in [2.24, 2.45) is 5.84 Å². The Balaban J connectivity index is 2.49. The molecule has 118 valence electrons. The highest BCUT2D eigenvalue weighted by molar-refractivity contribution is 8.00. The normalized spacial score (nSPS) is 24.0. The van der Waals surface area contributed by atoms with E-state index < -0.39 is 10.0 Å². The average Bonchev–Trinajstić information content (AvgIpc) is 2.40. The van der Waals surface area contributed by atoms with Crippen LogP contribution in [0.1, 0.15) is 25.0 Å². The van der Waals surface area contributed by atoms with Gasteiger partial charge in [0, 0.05) is 29.3 Å². The first-order valence-electron chi connectivity index (χ1n) is 7.00. The van der Waals surface area contributed by atoms with Crippen LogP contribution in [0.15, 0.2) is 17.0 Å². The van der Waals surface area contributed by atoms with Gasteiger partial charge in [0.25, 0.3) is 0 Å². The quantitative estimate of drug-likeness (QED) is 0.656. The van der Waals surface area contributed by atoms with Gasteiger partial charge in [0.15, 0.2) is 0 Å². The van der Waals surface area contributed by atoms with Gasteiger partial charge in [-0.3, -0.25) is 5.84 Å². The lowest BCUT2D eigenvalue weighted by atomic mass is 10.1. The van der Waals surface area contributed by atoms with Crippen molar-refractivity contribution in [1.82, 2.24) is 4.31 Å². The van der Waals surface area contributed by atoms with Gasteiger partial charge in [0.05, 0.1) is 4.90 Å². The molecule has 1 aromatic carbocycles. The lowest BCUT2D eigenvalue weighted by Crippen LogP contribution is -2.48. The van der Waals surface area contributed by atoms with Crippen LogP contribution >= 0.6 is 11.8 Å². The van der Waals surface area contributed by atoms with Crippen LogP contribution in [0.25, 0.3) is 0 Å². The maximum Gasteiger partial charge on any atom is 0.243 e. The van der Waals surface area contributed by atoms with Crippen LogP contribution in [0.3, 0.4) is 0 Å². The van der Waals surface area contributed by atoms with Crippen molar-refractivity contribution in [3.05, 3.63) is 23.3 Å². The van der Waals surface area contributed by atoms with Crippen LogP contribution in [0.4, 0.5) is 5.69 Å². The van der Waals surface area contributed by atoms with E-state index >= 15 is 0 Å². The fourth-order valence-corrected chi connectivity index (χ4v) is 6.21. The number of hydrazine groups is 1. The first-order valence-corrected chi connectivity index (χ1v) is 9.49. The molecule has 0 amide bonds. The predicted octanol–water partition coefficient (Wildman–Crippen LogP) is 2.10. The molecular weight excluding hydrogens is 306 g/mol. The number of anilines is 1. The Morgan fingerprint density at radius 3 is 2.38 bits per heavy atom. The van der Waals surface area contributed by atoms with Gasteiger partial charge in [0.1, 0.15) is 0 Å². The molecule has 3 N–H and O–H groups in total. The molecule has 1 fully saturated rings. The Hall–Kier alpha value is -0.760. The second-order valence-corrected chi connectivity index (χ2v) is 8.83. The summed E-state index contributed by atoms with van der Waals surface area (Å²) in [7, 11) is -3.48. The highest BCUT2D eigenvalue weighted by Crippen LogP contribution is 2.32. The van der Waals surface area contributed by atoms with E-state index in [-0.39, 0.29) is 6.04 Å². The molecule has 0 radical (unpaired) electrons. The predicted molar refractivity (Wildman–Crippen MR) is 89.0 cm³/mol. The van der Waals surface area contributed by atoms with Crippen LogP contribution < -0.4 is 11.3 Å². The van der Waals surface area contributed by atoms with Crippen molar-refractivity contribution in [1.29, 1.82) is 0 Å². The Labute approximate surface area is 131 Å². The molecule has 1 aliphatic heterocycles. The van der Waals surface area contributed by atoms with Gasteiger partial charge in [-0.1, -0.05) is 6.92 Å². The van der Waals surface area contributed by atoms with E-state index in [1.54, 1.807) is 16.4 Å². The van der Waals surface area contributed by atoms with E-state index in [9.17, 15) is 8.42 Å². The number of sulfonamides is 1. The van der Waals surface area contributed by atoms with E-state index in [1.165, 1.54) is 0 Å². The Kier molecular flexibility index (Phi) is 4.87. The first-order chi connectivity index (χ1) is 9.78. The third-order valence-electron chi connectivity index (χ3n) is 4.02. The van der Waals surface area contributed by atoms with Gasteiger partial charge in [0.2, 0.25) is 10.0 Å². The van der Waals surface area contributed by atoms with Crippen LogP contribution in [0, 0.1) is 13.8 Å². The largest absolute Gasteiger partial charge is 0.324 e. The van der Waals surface area contributed by atoms with Crippen molar-refractivity contribution in [3.63, 3.8) is 0 Å². The Bertz CT molecular complexity index is 608. The van der Waals surface area contributed by atoms with Gasteiger partial charge in [-0.05, 0) is 44.0 Å². The first kappa shape index (κ1) is 16.6. The Morgan fingerprint density at radius 2 is 1.86 bits per heavy atom. The molecule has 1 saturated heterocycles. The molecular formula is C14H23N3O2S2. The number of nitrogen functional groups attached to an aromatic ring is 1. The second kappa shape index (κ2) is 6.16. The molecule has 0 spiro atoms. The van der Waals surface area contributed by atoms with Gasteiger partial charge in [-0.15, -0.1) is 0 Å². The van der Waals surface area contributed by atoms with Crippen molar-refractivity contribution >= 4 is 27.5 Å². The molecule has 2 rings (SSSR count). The molecule has 2 unspecified atom stereocenters. The molecule has 5 nitrogen and oxygen atoms in total. The van der Waals surface area contributed by atoms with Gasteiger partial charge < -0.3 is 5.43 Å². The highest BCUT2D eigenvalue weighted by Gasteiger charge is 2.36. The summed E-state index contributed by atoms with van der Waals surface area (Å²) in [6.07, 6.45) is 0. The van der Waals surface area contributed by atoms with E-state index in [0.717, 1.165) is 22.6 Å². The molecule has 0 bridgehead atoms. The number of nitrogens with one attached hydrogen (secondary N) is 1.